The molecule has 0 aliphatic heterocycles. The Morgan fingerprint density at radius 1 is 0.947 bits per heavy atom. The molecule has 0 amide bonds. The Morgan fingerprint density at radius 3 is 2.00 bits per heavy atom. The van der Waals surface area contributed by atoms with Crippen molar-refractivity contribution in [3.63, 3.8) is 0 Å². The van der Waals surface area contributed by atoms with Gasteiger partial charge in [0.1, 0.15) is 0 Å². The summed E-state index contributed by atoms with van der Waals surface area (Å²) in [5, 5.41) is 0. The highest BCUT2D eigenvalue weighted by molar-refractivity contribution is 5.16. The molecule has 0 aromatic heterocycles. The second-order valence-corrected chi connectivity index (χ2v) is 9.39. The van der Waals surface area contributed by atoms with Gasteiger partial charge in [0.15, 0.2) is 0 Å². The van der Waals surface area contributed by atoms with E-state index in [1.165, 1.54) is 51.4 Å². The van der Waals surface area contributed by atoms with Crippen LogP contribution in [0.25, 0.3) is 0 Å². The predicted octanol–water partition coefficient (Wildman–Crippen LogP) is 4.75. The van der Waals surface area contributed by atoms with Gasteiger partial charge < -0.3 is 5.73 Å². The SMILES string of the molecule is CCC(C)C12CC3(C)CC(C)(CC(CCN)(C3)C1)C2. The summed E-state index contributed by atoms with van der Waals surface area (Å²) < 4.78 is 0. The van der Waals surface area contributed by atoms with Gasteiger partial charge in [-0.05, 0) is 79.1 Å². The van der Waals surface area contributed by atoms with Crippen LogP contribution in [0, 0.1) is 27.6 Å². The number of rotatable bonds is 4. The van der Waals surface area contributed by atoms with Crippen LogP contribution in [-0.2, 0) is 0 Å². The lowest BCUT2D eigenvalue weighted by Gasteiger charge is -2.71. The molecule has 0 saturated heterocycles. The maximum Gasteiger partial charge on any atom is -0.00720 e. The highest BCUT2D eigenvalue weighted by Gasteiger charge is 2.65. The topological polar surface area (TPSA) is 26.0 Å². The van der Waals surface area contributed by atoms with Gasteiger partial charge in [-0.15, -0.1) is 0 Å². The van der Waals surface area contributed by atoms with Crippen molar-refractivity contribution in [2.24, 2.45) is 33.3 Å². The lowest BCUT2D eigenvalue weighted by atomic mass is 9.34. The van der Waals surface area contributed by atoms with E-state index < -0.39 is 0 Å². The Bertz CT molecular complexity index is 354. The number of hydrogen-bond acceptors (Lipinski definition) is 1. The Labute approximate surface area is 119 Å². The average Bonchev–Trinajstić information content (AvgIpc) is 2.22. The molecule has 3 atom stereocenters. The van der Waals surface area contributed by atoms with E-state index >= 15 is 0 Å². The largest absolute Gasteiger partial charge is 0.330 e. The van der Waals surface area contributed by atoms with Crippen molar-refractivity contribution < 1.29 is 0 Å². The molecule has 0 aromatic rings. The third kappa shape index (κ3) is 1.99. The molecular formula is C18H33N. The summed E-state index contributed by atoms with van der Waals surface area (Å²) in [5.74, 6) is 0.893. The molecule has 3 unspecified atom stereocenters. The van der Waals surface area contributed by atoms with E-state index in [9.17, 15) is 0 Å². The van der Waals surface area contributed by atoms with E-state index in [1.807, 2.05) is 0 Å². The summed E-state index contributed by atoms with van der Waals surface area (Å²) in [6.07, 6.45) is 11.5. The Kier molecular flexibility index (Phi) is 2.93. The van der Waals surface area contributed by atoms with Crippen LogP contribution in [0.4, 0.5) is 0 Å². The molecule has 4 fully saturated rings. The Morgan fingerprint density at radius 2 is 1.53 bits per heavy atom. The highest BCUT2D eigenvalue weighted by Crippen LogP contribution is 2.76. The summed E-state index contributed by atoms with van der Waals surface area (Å²) in [4.78, 5) is 0. The summed E-state index contributed by atoms with van der Waals surface area (Å²) in [6, 6.07) is 0. The van der Waals surface area contributed by atoms with Gasteiger partial charge in [-0.1, -0.05) is 34.1 Å². The summed E-state index contributed by atoms with van der Waals surface area (Å²) in [7, 11) is 0. The molecule has 19 heavy (non-hydrogen) atoms. The lowest BCUT2D eigenvalue weighted by Crippen LogP contribution is -2.61. The van der Waals surface area contributed by atoms with Gasteiger partial charge in [-0.2, -0.15) is 0 Å². The smallest absolute Gasteiger partial charge is 0.00720 e. The van der Waals surface area contributed by atoms with Crippen LogP contribution in [0.5, 0.6) is 0 Å². The molecule has 4 rings (SSSR count). The minimum absolute atomic E-state index is 0.594. The van der Waals surface area contributed by atoms with Gasteiger partial charge in [0.25, 0.3) is 0 Å². The molecular weight excluding hydrogens is 230 g/mol. The van der Waals surface area contributed by atoms with Gasteiger partial charge in [0.2, 0.25) is 0 Å². The fourth-order valence-corrected chi connectivity index (χ4v) is 7.56. The second kappa shape index (κ2) is 4.00. The van der Waals surface area contributed by atoms with Crippen molar-refractivity contribution in [3.05, 3.63) is 0 Å². The van der Waals surface area contributed by atoms with Crippen LogP contribution in [0.15, 0.2) is 0 Å². The summed E-state index contributed by atoms with van der Waals surface area (Å²) >= 11 is 0. The molecule has 1 nitrogen and oxygen atoms in total. The first-order chi connectivity index (χ1) is 8.78. The van der Waals surface area contributed by atoms with Crippen molar-refractivity contribution >= 4 is 0 Å². The van der Waals surface area contributed by atoms with Gasteiger partial charge in [0.05, 0.1) is 0 Å². The quantitative estimate of drug-likeness (QED) is 0.778. The zero-order chi connectivity index (χ0) is 13.9. The van der Waals surface area contributed by atoms with E-state index in [1.54, 1.807) is 0 Å². The average molecular weight is 263 g/mol. The lowest BCUT2D eigenvalue weighted by molar-refractivity contribution is -0.208. The second-order valence-electron chi connectivity index (χ2n) is 9.39. The van der Waals surface area contributed by atoms with Gasteiger partial charge >= 0.3 is 0 Å². The molecule has 0 aromatic carbocycles. The molecule has 4 aliphatic carbocycles. The maximum atomic E-state index is 5.99. The van der Waals surface area contributed by atoms with Crippen LogP contribution in [-0.4, -0.2) is 6.54 Å². The molecule has 4 bridgehead atoms. The Hall–Kier alpha value is -0.0400. The fourth-order valence-electron chi connectivity index (χ4n) is 7.56. The van der Waals surface area contributed by atoms with Crippen molar-refractivity contribution in [3.8, 4) is 0 Å². The van der Waals surface area contributed by atoms with Crippen molar-refractivity contribution in [2.75, 3.05) is 6.54 Å². The van der Waals surface area contributed by atoms with Gasteiger partial charge in [-0.25, -0.2) is 0 Å². The highest BCUT2D eigenvalue weighted by atomic mass is 14.7. The minimum Gasteiger partial charge on any atom is -0.330 e. The van der Waals surface area contributed by atoms with Crippen molar-refractivity contribution in [2.45, 2.75) is 79.1 Å². The van der Waals surface area contributed by atoms with Crippen molar-refractivity contribution in [1.29, 1.82) is 0 Å². The van der Waals surface area contributed by atoms with Crippen LogP contribution < -0.4 is 5.73 Å². The van der Waals surface area contributed by atoms with Crippen LogP contribution in [0.3, 0.4) is 0 Å². The molecule has 4 aliphatic rings. The standard InChI is InChI=1S/C18H33N/c1-5-14(2)18-11-15(3)8-16(4,12-18)10-17(9-15,13-18)6-7-19/h14H,5-13,19H2,1-4H3. The predicted molar refractivity (Wildman–Crippen MR) is 81.9 cm³/mol. The van der Waals surface area contributed by atoms with Crippen LogP contribution >= 0.6 is 0 Å². The van der Waals surface area contributed by atoms with Crippen molar-refractivity contribution in [1.82, 2.24) is 0 Å². The first-order valence-electron chi connectivity index (χ1n) is 8.49. The molecule has 110 valence electrons. The third-order valence-electron chi connectivity index (χ3n) is 7.07. The van der Waals surface area contributed by atoms with Crippen LogP contribution in [0.2, 0.25) is 0 Å². The van der Waals surface area contributed by atoms with Crippen LogP contribution in [0.1, 0.15) is 79.1 Å². The van der Waals surface area contributed by atoms with E-state index in [0.29, 0.717) is 21.7 Å². The summed E-state index contributed by atoms with van der Waals surface area (Å²) in [5.41, 5.74) is 8.45. The maximum absolute atomic E-state index is 5.99. The zero-order valence-corrected chi connectivity index (χ0v) is 13.5. The van der Waals surface area contributed by atoms with Gasteiger partial charge in [-0.3, -0.25) is 0 Å². The van der Waals surface area contributed by atoms with E-state index in [0.717, 1.165) is 12.5 Å². The number of nitrogens with two attached hydrogens (primary N) is 1. The Balaban J connectivity index is 2.02. The first-order valence-corrected chi connectivity index (χ1v) is 8.49. The molecule has 0 spiro atoms. The number of hydrogen-bond donors (Lipinski definition) is 1. The van der Waals surface area contributed by atoms with E-state index in [2.05, 4.69) is 27.7 Å². The molecule has 0 heterocycles. The van der Waals surface area contributed by atoms with E-state index in [4.69, 9.17) is 5.73 Å². The molecule has 4 saturated carbocycles. The fraction of sp³-hybridized carbons (Fsp3) is 1.00. The van der Waals surface area contributed by atoms with E-state index in [-0.39, 0.29) is 0 Å². The monoisotopic (exact) mass is 263 g/mol. The van der Waals surface area contributed by atoms with Gasteiger partial charge in [0, 0.05) is 0 Å². The molecule has 2 N–H and O–H groups in total. The third-order valence-corrected chi connectivity index (χ3v) is 7.07. The summed E-state index contributed by atoms with van der Waals surface area (Å²) in [6.45, 7) is 11.0. The molecule has 0 radical (unpaired) electrons. The molecule has 1 heteroatoms. The normalized spacial score (nSPS) is 53.5. The minimum atomic E-state index is 0.594. The zero-order valence-electron chi connectivity index (χ0n) is 13.5. The first kappa shape index (κ1) is 13.9.